The molecule has 1 atom stereocenters. The zero-order chi connectivity index (χ0) is 15.1. The second-order valence-electron chi connectivity index (χ2n) is 6.37. The number of carbonyl (C=O) groups is 2. The summed E-state index contributed by atoms with van der Waals surface area (Å²) in [6, 6.07) is 0. The molecule has 2 amide bonds. The minimum absolute atomic E-state index is 0.00263. The van der Waals surface area contributed by atoms with Crippen molar-refractivity contribution >= 4 is 17.6 Å². The van der Waals surface area contributed by atoms with E-state index in [-0.39, 0.29) is 23.7 Å². The van der Waals surface area contributed by atoms with Crippen LogP contribution in [0.4, 0.5) is 0 Å². The molecule has 0 aromatic carbocycles. The maximum Gasteiger partial charge on any atom is 0.248 e. The van der Waals surface area contributed by atoms with E-state index in [2.05, 4.69) is 17.2 Å². The van der Waals surface area contributed by atoms with Gasteiger partial charge >= 0.3 is 0 Å². The lowest BCUT2D eigenvalue weighted by molar-refractivity contribution is -0.136. The summed E-state index contributed by atoms with van der Waals surface area (Å²) in [4.78, 5) is 30.6. The van der Waals surface area contributed by atoms with E-state index in [1.165, 1.54) is 4.90 Å². The Hall–Kier alpha value is -1.95. The third kappa shape index (κ3) is 2.51. The number of nitrogens with one attached hydrogen (secondary N) is 1. The minimum Gasteiger partial charge on any atom is -0.380 e. The highest BCUT2D eigenvalue weighted by atomic mass is 16.5. The van der Waals surface area contributed by atoms with Crippen LogP contribution in [0.5, 0.6) is 0 Å². The van der Waals surface area contributed by atoms with Crippen molar-refractivity contribution in [2.24, 2.45) is 10.4 Å². The zero-order valence-electron chi connectivity index (χ0n) is 12.3. The van der Waals surface area contributed by atoms with Crippen molar-refractivity contribution in [1.29, 1.82) is 0 Å². The van der Waals surface area contributed by atoms with Gasteiger partial charge in [0.1, 0.15) is 11.4 Å². The summed E-state index contributed by atoms with van der Waals surface area (Å²) in [7, 11) is 0. The van der Waals surface area contributed by atoms with Crippen molar-refractivity contribution in [1.82, 2.24) is 10.2 Å². The Kier molecular flexibility index (Phi) is 3.20. The first-order valence-corrected chi connectivity index (χ1v) is 7.05. The maximum absolute atomic E-state index is 12.5. The summed E-state index contributed by atoms with van der Waals surface area (Å²) in [5, 5.41) is 2.91. The van der Waals surface area contributed by atoms with Gasteiger partial charge in [-0.25, -0.2) is 0 Å². The molecule has 3 aliphatic heterocycles. The molecule has 0 bridgehead atoms. The van der Waals surface area contributed by atoms with Crippen molar-refractivity contribution in [3.8, 4) is 0 Å². The Bertz CT molecular complexity index is 575. The van der Waals surface area contributed by atoms with E-state index in [9.17, 15) is 9.59 Å². The van der Waals surface area contributed by atoms with Crippen molar-refractivity contribution in [3.63, 3.8) is 0 Å². The van der Waals surface area contributed by atoms with Crippen molar-refractivity contribution in [2.45, 2.75) is 25.8 Å². The van der Waals surface area contributed by atoms with E-state index >= 15 is 0 Å². The molecule has 6 heteroatoms. The smallest absolute Gasteiger partial charge is 0.248 e. The Morgan fingerprint density at radius 2 is 2.19 bits per heavy atom. The molecule has 3 aliphatic rings. The molecule has 0 aliphatic carbocycles. The number of aliphatic imine (C=N–C) groups is 1. The number of ether oxygens (including phenoxy) is 1. The van der Waals surface area contributed by atoms with E-state index in [1.807, 2.05) is 0 Å². The number of hydrogen-bond donors (Lipinski definition) is 1. The number of amidine groups is 1. The highest BCUT2D eigenvalue weighted by Gasteiger charge is 2.43. The number of carbonyl (C=O) groups excluding carboxylic acids is 2. The summed E-state index contributed by atoms with van der Waals surface area (Å²) in [6.45, 7) is 5.61. The summed E-state index contributed by atoms with van der Waals surface area (Å²) in [6.07, 6.45) is 7.07. The Balaban J connectivity index is 1.74. The van der Waals surface area contributed by atoms with Crippen molar-refractivity contribution in [3.05, 3.63) is 24.4 Å². The molecular weight excluding hydrogens is 270 g/mol. The fourth-order valence-electron chi connectivity index (χ4n) is 2.58. The van der Waals surface area contributed by atoms with Gasteiger partial charge in [0.05, 0.1) is 19.6 Å². The lowest BCUT2D eigenvalue weighted by atomic mass is 9.87. The quantitative estimate of drug-likeness (QED) is 0.827. The molecule has 0 radical (unpaired) electrons. The maximum atomic E-state index is 12.5. The third-order valence-corrected chi connectivity index (χ3v) is 4.03. The summed E-state index contributed by atoms with van der Waals surface area (Å²) >= 11 is 0. The standard InChI is InChI=1S/C15H19N3O3/c1-14(9-21-10-14)8-16-13(20)15(2)7-12(19)18-6-4-3-5-11(18)17-15/h3-6H,7-10H2,1-2H3,(H,16,20)/t15-/m1/s1. The molecule has 1 N–H and O–H groups in total. The second-order valence-corrected chi connectivity index (χ2v) is 6.37. The zero-order valence-corrected chi connectivity index (χ0v) is 12.3. The van der Waals surface area contributed by atoms with Crippen LogP contribution >= 0.6 is 0 Å². The number of hydrogen-bond acceptors (Lipinski definition) is 4. The predicted octanol–water partition coefficient (Wildman–Crippen LogP) is 0.612. The van der Waals surface area contributed by atoms with Crippen LogP contribution in [0, 0.1) is 5.41 Å². The Morgan fingerprint density at radius 3 is 2.86 bits per heavy atom. The van der Waals surface area contributed by atoms with Crippen LogP contribution in [0.3, 0.4) is 0 Å². The molecule has 3 rings (SSSR count). The molecular formula is C15H19N3O3. The van der Waals surface area contributed by atoms with Crippen LogP contribution in [-0.4, -0.2) is 47.8 Å². The van der Waals surface area contributed by atoms with Crippen LogP contribution in [-0.2, 0) is 14.3 Å². The van der Waals surface area contributed by atoms with Gasteiger partial charge in [0.2, 0.25) is 11.8 Å². The summed E-state index contributed by atoms with van der Waals surface area (Å²) in [5.74, 6) is 0.195. The number of fused-ring (bicyclic) bond motifs is 1. The van der Waals surface area contributed by atoms with Gasteiger partial charge in [0, 0.05) is 18.2 Å². The van der Waals surface area contributed by atoms with Gasteiger partial charge in [-0.1, -0.05) is 13.0 Å². The lowest BCUT2D eigenvalue weighted by Gasteiger charge is -2.39. The van der Waals surface area contributed by atoms with Crippen LogP contribution < -0.4 is 5.32 Å². The van der Waals surface area contributed by atoms with E-state index in [4.69, 9.17) is 4.74 Å². The average Bonchev–Trinajstić information content (AvgIpc) is 2.42. The first-order chi connectivity index (χ1) is 9.92. The summed E-state index contributed by atoms with van der Waals surface area (Å²) in [5.41, 5.74) is -1.04. The van der Waals surface area contributed by atoms with E-state index in [0.29, 0.717) is 25.6 Å². The minimum atomic E-state index is -1.04. The first kappa shape index (κ1) is 14.0. The number of allylic oxidation sites excluding steroid dienone is 2. The van der Waals surface area contributed by atoms with Crippen LogP contribution in [0.15, 0.2) is 29.4 Å². The number of nitrogens with zero attached hydrogens (tertiary/aromatic N) is 2. The fraction of sp³-hybridized carbons (Fsp3) is 0.533. The predicted molar refractivity (Wildman–Crippen MR) is 77.5 cm³/mol. The van der Waals surface area contributed by atoms with Gasteiger partial charge in [-0.05, 0) is 19.1 Å². The molecule has 0 aromatic heterocycles. The molecule has 112 valence electrons. The second kappa shape index (κ2) is 4.80. The molecule has 3 heterocycles. The van der Waals surface area contributed by atoms with Gasteiger partial charge in [0.25, 0.3) is 0 Å². The molecule has 21 heavy (non-hydrogen) atoms. The van der Waals surface area contributed by atoms with Gasteiger partial charge in [-0.2, -0.15) is 0 Å². The average molecular weight is 289 g/mol. The SMILES string of the molecule is CC1(CNC(=O)[C@@]2(C)CC(=O)N3C=CC=CC3=N2)COC1. The molecule has 1 fully saturated rings. The van der Waals surface area contributed by atoms with Gasteiger partial charge < -0.3 is 10.1 Å². The van der Waals surface area contributed by atoms with Gasteiger partial charge in [0.15, 0.2) is 0 Å². The van der Waals surface area contributed by atoms with Crippen molar-refractivity contribution < 1.29 is 14.3 Å². The largest absolute Gasteiger partial charge is 0.380 e. The number of rotatable bonds is 3. The first-order valence-electron chi connectivity index (χ1n) is 7.05. The molecule has 0 saturated carbocycles. The third-order valence-electron chi connectivity index (χ3n) is 4.03. The highest BCUT2D eigenvalue weighted by molar-refractivity contribution is 6.11. The molecule has 0 aromatic rings. The molecule has 1 saturated heterocycles. The van der Waals surface area contributed by atoms with Crippen LogP contribution in [0.1, 0.15) is 20.3 Å². The van der Waals surface area contributed by atoms with Gasteiger partial charge in [-0.15, -0.1) is 0 Å². The van der Waals surface area contributed by atoms with E-state index in [0.717, 1.165) is 0 Å². The number of amides is 2. The monoisotopic (exact) mass is 289 g/mol. The Labute approximate surface area is 123 Å². The van der Waals surface area contributed by atoms with Gasteiger partial charge in [-0.3, -0.25) is 19.5 Å². The van der Waals surface area contributed by atoms with E-state index < -0.39 is 5.54 Å². The fourth-order valence-corrected chi connectivity index (χ4v) is 2.58. The van der Waals surface area contributed by atoms with E-state index in [1.54, 1.807) is 31.4 Å². The topological polar surface area (TPSA) is 71.0 Å². The highest BCUT2D eigenvalue weighted by Crippen LogP contribution is 2.28. The van der Waals surface area contributed by atoms with Crippen LogP contribution in [0.2, 0.25) is 0 Å². The Morgan fingerprint density at radius 1 is 1.43 bits per heavy atom. The van der Waals surface area contributed by atoms with Crippen molar-refractivity contribution in [2.75, 3.05) is 19.8 Å². The molecule has 0 unspecified atom stereocenters. The van der Waals surface area contributed by atoms with Crippen LogP contribution in [0.25, 0.3) is 0 Å². The molecule has 6 nitrogen and oxygen atoms in total. The normalized spacial score (nSPS) is 29.5. The summed E-state index contributed by atoms with van der Waals surface area (Å²) < 4.78 is 5.17. The molecule has 0 spiro atoms. The lowest BCUT2D eigenvalue weighted by Crippen LogP contribution is -2.55.